The van der Waals surface area contributed by atoms with Gasteiger partial charge in [0.05, 0.1) is 11.2 Å². The average molecular weight is 388 g/mol. The van der Waals surface area contributed by atoms with Crippen LogP contribution in [0.3, 0.4) is 0 Å². The minimum atomic E-state index is -3.56. The van der Waals surface area contributed by atoms with Crippen LogP contribution in [0.15, 0.2) is 56.4 Å². The molecule has 0 saturated heterocycles. The van der Waals surface area contributed by atoms with Crippen LogP contribution in [0.5, 0.6) is 0 Å². The van der Waals surface area contributed by atoms with Gasteiger partial charge in [0.1, 0.15) is 5.76 Å². The number of halogens is 1. The van der Waals surface area contributed by atoms with Crippen LogP contribution in [0.4, 0.5) is 0 Å². The molecule has 2 N–H and O–H groups in total. The number of hydrogen-bond acceptors (Lipinski definition) is 4. The van der Waals surface area contributed by atoms with E-state index in [0.717, 1.165) is 4.47 Å². The topological polar surface area (TPSA) is 79.5 Å². The Morgan fingerprint density at radius 2 is 1.95 bits per heavy atom. The van der Waals surface area contributed by atoms with Gasteiger partial charge in [0.2, 0.25) is 10.0 Å². The van der Waals surface area contributed by atoms with Gasteiger partial charge in [-0.2, -0.15) is 0 Å². The molecule has 0 aliphatic heterocycles. The maximum absolute atomic E-state index is 12.3. The zero-order valence-corrected chi connectivity index (χ0v) is 14.3. The number of aliphatic hydroxyl groups excluding tert-OH is 1. The predicted molar refractivity (Wildman–Crippen MR) is 87.1 cm³/mol. The van der Waals surface area contributed by atoms with Crippen LogP contribution in [-0.4, -0.2) is 26.7 Å². The molecule has 0 unspecified atom stereocenters. The first kappa shape index (κ1) is 17.2. The number of hydrogen-bond donors (Lipinski definition) is 2. The first-order valence-electron chi connectivity index (χ1n) is 6.92. The van der Waals surface area contributed by atoms with Crippen LogP contribution in [-0.2, 0) is 10.0 Å². The van der Waals surface area contributed by atoms with Crippen LogP contribution in [0, 0.1) is 0 Å². The second kappa shape index (κ2) is 7.92. The molecule has 5 nitrogen and oxygen atoms in total. The molecule has 0 bridgehead atoms. The van der Waals surface area contributed by atoms with Crippen LogP contribution < -0.4 is 4.72 Å². The van der Waals surface area contributed by atoms with E-state index < -0.39 is 10.0 Å². The van der Waals surface area contributed by atoms with E-state index >= 15 is 0 Å². The Bertz CT molecular complexity index is 668. The normalized spacial score (nSPS) is 13.2. The van der Waals surface area contributed by atoms with Gasteiger partial charge in [-0.3, -0.25) is 0 Å². The molecule has 0 spiro atoms. The van der Waals surface area contributed by atoms with Crippen LogP contribution in [0.25, 0.3) is 0 Å². The minimum absolute atomic E-state index is 0.0661. The van der Waals surface area contributed by atoms with Crippen LogP contribution in [0.1, 0.15) is 24.5 Å². The Hall–Kier alpha value is -1.15. The van der Waals surface area contributed by atoms with Crippen molar-refractivity contribution in [3.63, 3.8) is 0 Å². The highest BCUT2D eigenvalue weighted by Crippen LogP contribution is 2.22. The fraction of sp³-hybridized carbons (Fsp3) is 0.333. The molecule has 0 aliphatic rings. The van der Waals surface area contributed by atoms with Gasteiger partial charge in [0, 0.05) is 23.5 Å². The maximum atomic E-state index is 12.3. The lowest BCUT2D eigenvalue weighted by atomic mass is 10.0. The summed E-state index contributed by atoms with van der Waals surface area (Å²) in [6.45, 7) is 0.294. The molecule has 0 fully saturated rings. The third-order valence-corrected chi connectivity index (χ3v) is 5.27. The summed E-state index contributed by atoms with van der Waals surface area (Å²) in [5.74, 6) is 0.610. The van der Waals surface area contributed by atoms with Gasteiger partial charge in [-0.1, -0.05) is 15.9 Å². The standard InChI is InChI=1S/C15H18BrNO4S/c16-13-5-7-14(8-6-13)22(19,20)17-11-12(3-1-9-18)15-4-2-10-21-15/h2,4-8,10,12,17-18H,1,3,9,11H2/t12-/m0/s1. The molecule has 1 aromatic carbocycles. The summed E-state index contributed by atoms with van der Waals surface area (Å²) in [6.07, 6.45) is 2.79. The molecule has 0 amide bonds. The quantitative estimate of drug-likeness (QED) is 0.729. The van der Waals surface area contributed by atoms with Gasteiger partial charge in [0.25, 0.3) is 0 Å². The molecule has 7 heteroatoms. The molecule has 0 radical (unpaired) electrons. The summed E-state index contributed by atoms with van der Waals surface area (Å²) in [5.41, 5.74) is 0. The molecule has 1 heterocycles. The first-order chi connectivity index (χ1) is 10.5. The Morgan fingerprint density at radius 3 is 2.55 bits per heavy atom. The van der Waals surface area contributed by atoms with Gasteiger partial charge < -0.3 is 9.52 Å². The first-order valence-corrected chi connectivity index (χ1v) is 9.20. The van der Waals surface area contributed by atoms with Crippen molar-refractivity contribution in [3.05, 3.63) is 52.9 Å². The summed E-state index contributed by atoms with van der Waals surface area (Å²) in [5, 5.41) is 8.97. The molecular formula is C15H18BrNO4S. The van der Waals surface area contributed by atoms with E-state index in [2.05, 4.69) is 20.7 Å². The van der Waals surface area contributed by atoms with Crippen molar-refractivity contribution in [3.8, 4) is 0 Å². The zero-order chi connectivity index (χ0) is 16.0. The molecule has 1 aromatic heterocycles. The van der Waals surface area contributed by atoms with E-state index in [9.17, 15) is 8.42 Å². The maximum Gasteiger partial charge on any atom is 0.240 e. The highest BCUT2D eigenvalue weighted by Gasteiger charge is 2.19. The predicted octanol–water partition coefficient (Wildman–Crippen LogP) is 2.88. The van der Waals surface area contributed by atoms with Gasteiger partial charge >= 0.3 is 0 Å². The summed E-state index contributed by atoms with van der Waals surface area (Å²) >= 11 is 3.28. The second-order valence-corrected chi connectivity index (χ2v) is 7.57. The number of rotatable bonds is 8. The molecule has 1 atom stereocenters. The van der Waals surface area contributed by atoms with Crippen molar-refractivity contribution in [2.45, 2.75) is 23.7 Å². The Labute approximate surface area is 138 Å². The van der Waals surface area contributed by atoms with Gasteiger partial charge in [-0.25, -0.2) is 13.1 Å². The minimum Gasteiger partial charge on any atom is -0.469 e. The van der Waals surface area contributed by atoms with E-state index in [4.69, 9.17) is 9.52 Å². The molecular weight excluding hydrogens is 370 g/mol. The van der Waals surface area contributed by atoms with E-state index in [1.807, 2.05) is 6.07 Å². The average Bonchev–Trinajstić information content (AvgIpc) is 3.02. The van der Waals surface area contributed by atoms with Crippen molar-refractivity contribution < 1.29 is 17.9 Å². The highest BCUT2D eigenvalue weighted by atomic mass is 79.9. The van der Waals surface area contributed by atoms with Crippen molar-refractivity contribution >= 4 is 26.0 Å². The number of aliphatic hydroxyl groups is 1. The number of benzene rings is 1. The fourth-order valence-electron chi connectivity index (χ4n) is 2.11. The van der Waals surface area contributed by atoms with E-state index in [1.54, 1.807) is 36.6 Å². The zero-order valence-electron chi connectivity index (χ0n) is 11.9. The molecule has 120 valence electrons. The summed E-state index contributed by atoms with van der Waals surface area (Å²) in [7, 11) is -3.56. The van der Waals surface area contributed by atoms with Crippen LogP contribution in [0.2, 0.25) is 0 Å². The van der Waals surface area contributed by atoms with E-state index in [0.29, 0.717) is 18.6 Å². The number of nitrogens with one attached hydrogen (secondary N) is 1. The highest BCUT2D eigenvalue weighted by molar-refractivity contribution is 9.10. The third-order valence-electron chi connectivity index (χ3n) is 3.30. The molecule has 2 aromatic rings. The Morgan fingerprint density at radius 1 is 1.23 bits per heavy atom. The van der Waals surface area contributed by atoms with E-state index in [-0.39, 0.29) is 24.0 Å². The van der Waals surface area contributed by atoms with Crippen molar-refractivity contribution in [2.24, 2.45) is 0 Å². The number of sulfonamides is 1. The Balaban J connectivity index is 2.06. The van der Waals surface area contributed by atoms with Crippen molar-refractivity contribution in [1.29, 1.82) is 0 Å². The summed E-state index contributed by atoms with van der Waals surface area (Å²) < 4.78 is 33.4. The van der Waals surface area contributed by atoms with Crippen LogP contribution >= 0.6 is 15.9 Å². The lowest BCUT2D eigenvalue weighted by Crippen LogP contribution is -2.28. The summed E-state index contributed by atoms with van der Waals surface area (Å²) in [6, 6.07) is 10.0. The van der Waals surface area contributed by atoms with Gasteiger partial charge in [-0.15, -0.1) is 0 Å². The molecule has 0 aliphatic carbocycles. The van der Waals surface area contributed by atoms with E-state index in [1.165, 1.54) is 0 Å². The largest absolute Gasteiger partial charge is 0.469 e. The van der Waals surface area contributed by atoms with Gasteiger partial charge in [-0.05, 0) is 49.2 Å². The number of furan rings is 1. The SMILES string of the molecule is O=S(=O)(NC[C@H](CCCO)c1ccco1)c1ccc(Br)cc1. The lowest BCUT2D eigenvalue weighted by molar-refractivity contribution is 0.276. The van der Waals surface area contributed by atoms with Gasteiger partial charge in [0.15, 0.2) is 0 Å². The Kier molecular flexibility index (Phi) is 6.19. The lowest BCUT2D eigenvalue weighted by Gasteiger charge is -2.15. The summed E-state index contributed by atoms with van der Waals surface area (Å²) in [4.78, 5) is 0.219. The van der Waals surface area contributed by atoms with Crippen molar-refractivity contribution in [1.82, 2.24) is 4.72 Å². The molecule has 22 heavy (non-hydrogen) atoms. The second-order valence-electron chi connectivity index (χ2n) is 4.88. The smallest absolute Gasteiger partial charge is 0.240 e. The van der Waals surface area contributed by atoms with Crippen molar-refractivity contribution in [2.75, 3.05) is 13.2 Å². The molecule has 2 rings (SSSR count). The third kappa shape index (κ3) is 4.67. The molecule has 0 saturated carbocycles. The monoisotopic (exact) mass is 387 g/mol. The fourth-order valence-corrected chi connectivity index (χ4v) is 3.46.